The zero-order chi connectivity index (χ0) is 21.4. The summed E-state index contributed by atoms with van der Waals surface area (Å²) in [5.74, 6) is -0.719. The van der Waals surface area contributed by atoms with E-state index >= 15 is 0 Å². The van der Waals surface area contributed by atoms with Crippen molar-refractivity contribution in [2.24, 2.45) is 5.73 Å². The Bertz CT molecular complexity index is 972. The Morgan fingerprint density at radius 3 is 2.52 bits per heavy atom. The Hall–Kier alpha value is -2.78. The average Bonchev–Trinajstić information content (AvgIpc) is 2.71. The number of benzene rings is 2. The molecule has 0 atom stereocenters. The summed E-state index contributed by atoms with van der Waals surface area (Å²) >= 11 is 1.57. The molecule has 0 saturated heterocycles. The van der Waals surface area contributed by atoms with Crippen molar-refractivity contribution in [2.45, 2.75) is 5.75 Å². The van der Waals surface area contributed by atoms with E-state index in [1.807, 2.05) is 6.26 Å². The third kappa shape index (κ3) is 5.85. The smallest absolute Gasteiger partial charge is 0.227 e. The van der Waals surface area contributed by atoms with Gasteiger partial charge in [-0.15, -0.1) is 0 Å². The standard InChI is InChI=1S/C19H16F3N3OS.CH5N/c1-26-17-8-12(20)3-4-15(17)18-16(22)9-23-19(25-18)24-14-6-11(10-27-2)5-13(21)7-14;1-2/h3-9H,10H2,1-2H3,(H,23,24,25);2H2,1H3. The second-order valence-corrected chi connectivity index (χ2v) is 6.51. The highest BCUT2D eigenvalue weighted by Gasteiger charge is 2.15. The van der Waals surface area contributed by atoms with E-state index in [4.69, 9.17) is 4.74 Å². The first-order valence-corrected chi connectivity index (χ1v) is 9.89. The van der Waals surface area contributed by atoms with Crippen LogP contribution in [0.25, 0.3) is 11.3 Å². The predicted octanol–water partition coefficient (Wildman–Crippen LogP) is 4.75. The number of rotatable bonds is 6. The van der Waals surface area contributed by atoms with E-state index < -0.39 is 17.5 Å². The fourth-order valence-electron chi connectivity index (χ4n) is 2.58. The van der Waals surface area contributed by atoms with Gasteiger partial charge in [-0.1, -0.05) is 0 Å². The number of anilines is 2. The van der Waals surface area contributed by atoms with Gasteiger partial charge in [-0.25, -0.2) is 23.1 Å². The molecule has 0 bridgehead atoms. The lowest BCUT2D eigenvalue weighted by atomic mass is 10.1. The van der Waals surface area contributed by atoms with Gasteiger partial charge in [-0.05, 0) is 49.2 Å². The summed E-state index contributed by atoms with van der Waals surface area (Å²) in [7, 11) is 2.86. The highest BCUT2D eigenvalue weighted by Crippen LogP contribution is 2.31. The minimum atomic E-state index is -0.687. The van der Waals surface area contributed by atoms with Gasteiger partial charge in [-0.3, -0.25) is 0 Å². The molecule has 0 radical (unpaired) electrons. The number of nitrogens with two attached hydrogens (primary N) is 1. The van der Waals surface area contributed by atoms with Crippen molar-refractivity contribution in [3.63, 3.8) is 0 Å². The van der Waals surface area contributed by atoms with Gasteiger partial charge in [0, 0.05) is 23.1 Å². The molecule has 0 amide bonds. The van der Waals surface area contributed by atoms with E-state index in [9.17, 15) is 13.2 Å². The maximum Gasteiger partial charge on any atom is 0.227 e. The fourth-order valence-corrected chi connectivity index (χ4v) is 3.08. The molecule has 0 unspecified atom stereocenters. The average molecular weight is 422 g/mol. The number of halogens is 3. The normalized spacial score (nSPS) is 10.2. The molecule has 0 aliphatic heterocycles. The lowest BCUT2D eigenvalue weighted by Gasteiger charge is -2.11. The summed E-state index contributed by atoms with van der Waals surface area (Å²) < 4.78 is 46.6. The molecule has 0 aliphatic rings. The molecule has 1 heterocycles. The van der Waals surface area contributed by atoms with Crippen LogP contribution >= 0.6 is 11.8 Å². The Labute approximate surface area is 171 Å². The van der Waals surface area contributed by atoms with Crippen LogP contribution in [0.4, 0.5) is 24.8 Å². The number of methoxy groups -OCH3 is 1. The molecule has 3 rings (SSSR count). The Morgan fingerprint density at radius 2 is 1.83 bits per heavy atom. The Morgan fingerprint density at radius 1 is 1.07 bits per heavy atom. The molecule has 9 heteroatoms. The summed E-state index contributed by atoms with van der Waals surface area (Å²) in [6.45, 7) is 0. The zero-order valence-corrected chi connectivity index (χ0v) is 17.0. The fraction of sp³-hybridized carbons (Fsp3) is 0.200. The van der Waals surface area contributed by atoms with E-state index in [2.05, 4.69) is 21.0 Å². The molecule has 154 valence electrons. The Kier molecular flexibility index (Phi) is 8.29. The first kappa shape index (κ1) is 22.5. The Balaban J connectivity index is 0.00000145. The third-order valence-corrected chi connectivity index (χ3v) is 4.31. The maximum absolute atomic E-state index is 14.3. The van der Waals surface area contributed by atoms with Gasteiger partial charge >= 0.3 is 0 Å². The molecule has 3 N–H and O–H groups in total. The van der Waals surface area contributed by atoms with E-state index in [1.165, 1.54) is 38.4 Å². The minimum absolute atomic E-state index is 0.0508. The van der Waals surface area contributed by atoms with Crippen LogP contribution in [0.5, 0.6) is 5.75 Å². The highest BCUT2D eigenvalue weighted by molar-refractivity contribution is 7.97. The number of nitrogens with one attached hydrogen (secondary N) is 1. The quantitative estimate of drug-likeness (QED) is 0.597. The molecule has 5 nitrogen and oxygen atoms in total. The van der Waals surface area contributed by atoms with Crippen LogP contribution < -0.4 is 15.8 Å². The van der Waals surface area contributed by atoms with Crippen LogP contribution in [-0.2, 0) is 5.75 Å². The number of hydrogen-bond donors (Lipinski definition) is 2. The lowest BCUT2D eigenvalue weighted by molar-refractivity contribution is 0.412. The maximum atomic E-state index is 14.3. The lowest BCUT2D eigenvalue weighted by Crippen LogP contribution is -2.02. The summed E-state index contributed by atoms with van der Waals surface area (Å²) in [6.07, 6.45) is 2.92. The van der Waals surface area contributed by atoms with E-state index in [1.54, 1.807) is 17.8 Å². The molecule has 0 fully saturated rings. The van der Waals surface area contributed by atoms with Gasteiger partial charge in [0.2, 0.25) is 5.95 Å². The summed E-state index contributed by atoms with van der Waals surface area (Å²) in [4.78, 5) is 8.05. The van der Waals surface area contributed by atoms with Gasteiger partial charge in [0.1, 0.15) is 23.1 Å². The molecule has 2 aromatic carbocycles. The number of nitrogens with zero attached hydrogens (tertiary/aromatic N) is 2. The van der Waals surface area contributed by atoms with Crippen molar-refractivity contribution < 1.29 is 17.9 Å². The van der Waals surface area contributed by atoms with Crippen molar-refractivity contribution in [1.82, 2.24) is 9.97 Å². The molecule has 0 spiro atoms. The van der Waals surface area contributed by atoms with Crippen molar-refractivity contribution in [1.29, 1.82) is 0 Å². The number of hydrogen-bond acceptors (Lipinski definition) is 6. The first-order chi connectivity index (χ1) is 14.0. The molecule has 3 aromatic rings. The monoisotopic (exact) mass is 422 g/mol. The van der Waals surface area contributed by atoms with Crippen molar-refractivity contribution in [2.75, 3.05) is 25.7 Å². The highest BCUT2D eigenvalue weighted by atomic mass is 32.2. The van der Waals surface area contributed by atoms with Crippen LogP contribution in [-0.4, -0.2) is 30.4 Å². The topological polar surface area (TPSA) is 73.1 Å². The van der Waals surface area contributed by atoms with Crippen LogP contribution in [0.1, 0.15) is 5.56 Å². The van der Waals surface area contributed by atoms with Gasteiger partial charge in [0.25, 0.3) is 0 Å². The molecular weight excluding hydrogens is 401 g/mol. The molecule has 1 aromatic heterocycles. The summed E-state index contributed by atoms with van der Waals surface area (Å²) in [5, 5.41) is 2.88. The second-order valence-electron chi connectivity index (χ2n) is 5.64. The van der Waals surface area contributed by atoms with Crippen LogP contribution in [0.15, 0.2) is 42.6 Å². The molecule has 0 aliphatic carbocycles. The summed E-state index contributed by atoms with van der Waals surface area (Å²) in [6, 6.07) is 8.22. The SMILES string of the molecule is CN.COc1cc(F)ccc1-c1nc(Nc2cc(F)cc(CSC)c2)ncc1F. The van der Waals surface area contributed by atoms with Crippen LogP contribution in [0, 0.1) is 17.5 Å². The largest absolute Gasteiger partial charge is 0.496 e. The van der Waals surface area contributed by atoms with Crippen molar-refractivity contribution >= 4 is 23.4 Å². The molecule has 29 heavy (non-hydrogen) atoms. The van der Waals surface area contributed by atoms with E-state index in [0.717, 1.165) is 17.8 Å². The number of aromatic nitrogens is 2. The predicted molar refractivity (Wildman–Crippen MR) is 111 cm³/mol. The van der Waals surface area contributed by atoms with Crippen molar-refractivity contribution in [3.05, 3.63) is 65.6 Å². The van der Waals surface area contributed by atoms with Crippen LogP contribution in [0.3, 0.4) is 0 Å². The van der Waals surface area contributed by atoms with Crippen molar-refractivity contribution in [3.8, 4) is 17.0 Å². The summed E-state index contributed by atoms with van der Waals surface area (Å²) in [5.41, 5.74) is 5.98. The second kappa shape index (κ2) is 10.7. The van der Waals surface area contributed by atoms with Gasteiger partial charge < -0.3 is 15.8 Å². The van der Waals surface area contributed by atoms with Gasteiger partial charge in [-0.2, -0.15) is 11.8 Å². The minimum Gasteiger partial charge on any atom is -0.496 e. The molecular formula is C20H21F3N4OS. The first-order valence-electron chi connectivity index (χ1n) is 8.49. The molecule has 0 saturated carbocycles. The van der Waals surface area contributed by atoms with E-state index in [-0.39, 0.29) is 23.0 Å². The third-order valence-electron chi connectivity index (χ3n) is 3.69. The van der Waals surface area contributed by atoms with Gasteiger partial charge in [0.15, 0.2) is 5.82 Å². The number of ether oxygens (including phenoxy) is 1. The zero-order valence-electron chi connectivity index (χ0n) is 16.2. The van der Waals surface area contributed by atoms with E-state index in [0.29, 0.717) is 11.4 Å². The van der Waals surface area contributed by atoms with Gasteiger partial charge in [0.05, 0.1) is 13.3 Å². The van der Waals surface area contributed by atoms with Crippen LogP contribution in [0.2, 0.25) is 0 Å². The number of thioether (sulfide) groups is 1.